The van der Waals surface area contributed by atoms with Gasteiger partial charge in [0.25, 0.3) is 0 Å². The first kappa shape index (κ1) is 9.97. The highest BCUT2D eigenvalue weighted by Gasteiger charge is 2.77. The quantitative estimate of drug-likeness (QED) is 0.502. The molecule has 2 atom stereocenters. The minimum atomic E-state index is -0.219. The Hall–Kier alpha value is -0.570. The van der Waals surface area contributed by atoms with Crippen molar-refractivity contribution in [3.63, 3.8) is 0 Å². The van der Waals surface area contributed by atoms with Gasteiger partial charge in [-0.05, 0) is 25.2 Å². The third-order valence-electron chi connectivity index (χ3n) is 4.33. The summed E-state index contributed by atoms with van der Waals surface area (Å²) >= 11 is 0. The summed E-state index contributed by atoms with van der Waals surface area (Å²) in [5.41, 5.74) is -0.154. The van der Waals surface area contributed by atoms with Crippen LogP contribution in [0.15, 0.2) is 0 Å². The van der Waals surface area contributed by atoms with E-state index in [1.54, 1.807) is 0 Å². The van der Waals surface area contributed by atoms with Crippen LogP contribution in [-0.4, -0.2) is 24.3 Å². The predicted octanol–water partition coefficient (Wildman–Crippen LogP) is 1.90. The molecule has 14 heavy (non-hydrogen) atoms. The number of epoxide rings is 1. The normalized spacial score (nSPS) is 43.1. The van der Waals surface area contributed by atoms with E-state index in [1.807, 2.05) is 0 Å². The fraction of sp³-hybridized carbons (Fsp3) is 0.909. The van der Waals surface area contributed by atoms with Crippen LogP contribution in [0.25, 0.3) is 0 Å². The second-order valence-electron chi connectivity index (χ2n) is 5.27. The summed E-state index contributed by atoms with van der Waals surface area (Å²) in [5.74, 6) is -0.161. The Morgan fingerprint density at radius 3 is 2.36 bits per heavy atom. The molecule has 0 N–H and O–H groups in total. The van der Waals surface area contributed by atoms with E-state index in [2.05, 4.69) is 20.8 Å². The van der Waals surface area contributed by atoms with Crippen molar-refractivity contribution in [2.75, 3.05) is 7.11 Å². The van der Waals surface area contributed by atoms with Gasteiger partial charge in [-0.3, -0.25) is 4.79 Å². The van der Waals surface area contributed by atoms with Crippen molar-refractivity contribution in [3.8, 4) is 0 Å². The zero-order chi connectivity index (χ0) is 10.6. The van der Waals surface area contributed by atoms with E-state index in [1.165, 1.54) is 7.11 Å². The van der Waals surface area contributed by atoms with Crippen molar-refractivity contribution >= 4 is 5.97 Å². The lowest BCUT2D eigenvalue weighted by molar-refractivity contribution is -0.142. The van der Waals surface area contributed by atoms with E-state index in [0.717, 1.165) is 12.8 Å². The van der Waals surface area contributed by atoms with Crippen LogP contribution < -0.4 is 0 Å². The molecule has 1 saturated heterocycles. The standard InChI is InChI=1S/C11H18O3/c1-9(2)5-6-11(7-8(12)13-4)10(9,3)14-11/h5-7H2,1-4H3. The fourth-order valence-electron chi connectivity index (χ4n) is 2.76. The van der Waals surface area contributed by atoms with Gasteiger partial charge in [-0.15, -0.1) is 0 Å². The molecule has 1 saturated carbocycles. The summed E-state index contributed by atoms with van der Waals surface area (Å²) in [6.07, 6.45) is 2.51. The lowest BCUT2D eigenvalue weighted by Gasteiger charge is -2.24. The van der Waals surface area contributed by atoms with Crippen LogP contribution in [0.3, 0.4) is 0 Å². The Morgan fingerprint density at radius 1 is 1.36 bits per heavy atom. The SMILES string of the molecule is COC(=O)CC12CCC(C)(C)C1(C)O2. The van der Waals surface area contributed by atoms with E-state index in [9.17, 15) is 4.79 Å². The molecule has 2 rings (SSSR count). The summed E-state index contributed by atoms with van der Waals surface area (Å²) in [4.78, 5) is 11.3. The summed E-state index contributed by atoms with van der Waals surface area (Å²) in [6.45, 7) is 6.53. The molecule has 0 spiro atoms. The first-order valence-corrected chi connectivity index (χ1v) is 5.14. The molecular formula is C11H18O3. The summed E-state index contributed by atoms with van der Waals surface area (Å²) in [7, 11) is 1.43. The molecule has 0 aromatic carbocycles. The number of methoxy groups -OCH3 is 1. The van der Waals surface area contributed by atoms with Gasteiger partial charge in [0.1, 0.15) is 11.2 Å². The van der Waals surface area contributed by atoms with Crippen LogP contribution in [0, 0.1) is 5.41 Å². The molecule has 0 radical (unpaired) electrons. The lowest BCUT2D eigenvalue weighted by atomic mass is 9.79. The fourth-order valence-corrected chi connectivity index (χ4v) is 2.76. The number of ether oxygens (including phenoxy) is 2. The van der Waals surface area contributed by atoms with Crippen LogP contribution >= 0.6 is 0 Å². The number of hydrogen-bond acceptors (Lipinski definition) is 3. The smallest absolute Gasteiger partial charge is 0.308 e. The van der Waals surface area contributed by atoms with Gasteiger partial charge in [0.15, 0.2) is 0 Å². The second kappa shape index (κ2) is 2.51. The Balaban J connectivity index is 2.13. The number of esters is 1. The average molecular weight is 198 g/mol. The van der Waals surface area contributed by atoms with Crippen molar-refractivity contribution < 1.29 is 14.3 Å². The summed E-state index contributed by atoms with van der Waals surface area (Å²) in [5, 5.41) is 0. The number of carbonyl (C=O) groups is 1. The molecule has 2 aliphatic rings. The summed E-state index contributed by atoms with van der Waals surface area (Å²) in [6, 6.07) is 0. The Bertz CT molecular complexity index is 280. The van der Waals surface area contributed by atoms with Crippen molar-refractivity contribution in [2.24, 2.45) is 5.41 Å². The Morgan fingerprint density at radius 2 is 2.00 bits per heavy atom. The van der Waals surface area contributed by atoms with E-state index in [0.29, 0.717) is 6.42 Å². The van der Waals surface area contributed by atoms with Gasteiger partial charge < -0.3 is 9.47 Å². The number of carbonyl (C=O) groups excluding carboxylic acids is 1. The van der Waals surface area contributed by atoms with Gasteiger partial charge in [-0.2, -0.15) is 0 Å². The molecule has 2 fully saturated rings. The van der Waals surface area contributed by atoms with Crippen molar-refractivity contribution in [3.05, 3.63) is 0 Å². The van der Waals surface area contributed by atoms with E-state index >= 15 is 0 Å². The third-order valence-corrected chi connectivity index (χ3v) is 4.33. The molecule has 2 unspecified atom stereocenters. The van der Waals surface area contributed by atoms with Gasteiger partial charge in [0.05, 0.1) is 13.5 Å². The van der Waals surface area contributed by atoms with Crippen LogP contribution in [0.2, 0.25) is 0 Å². The lowest BCUT2D eigenvalue weighted by Crippen LogP contribution is -2.30. The Kier molecular flexibility index (Phi) is 1.79. The molecule has 3 heteroatoms. The van der Waals surface area contributed by atoms with Gasteiger partial charge in [0, 0.05) is 0 Å². The van der Waals surface area contributed by atoms with E-state index in [-0.39, 0.29) is 22.6 Å². The first-order valence-electron chi connectivity index (χ1n) is 5.14. The highest BCUT2D eigenvalue weighted by molar-refractivity contribution is 5.72. The molecule has 0 bridgehead atoms. The zero-order valence-corrected chi connectivity index (χ0v) is 9.35. The number of rotatable bonds is 2. The van der Waals surface area contributed by atoms with Crippen molar-refractivity contribution in [1.29, 1.82) is 0 Å². The minimum absolute atomic E-state index is 0.117. The minimum Gasteiger partial charge on any atom is -0.469 e. The molecule has 1 aliphatic heterocycles. The maximum Gasteiger partial charge on any atom is 0.308 e. The molecule has 0 amide bonds. The number of hydrogen-bond donors (Lipinski definition) is 0. The van der Waals surface area contributed by atoms with Crippen LogP contribution in [-0.2, 0) is 14.3 Å². The molecular weight excluding hydrogens is 180 g/mol. The molecule has 1 aliphatic carbocycles. The second-order valence-corrected chi connectivity index (χ2v) is 5.27. The molecule has 0 aromatic heterocycles. The van der Waals surface area contributed by atoms with Crippen molar-refractivity contribution in [2.45, 2.75) is 51.2 Å². The first-order chi connectivity index (χ1) is 6.37. The van der Waals surface area contributed by atoms with Crippen LogP contribution in [0.5, 0.6) is 0 Å². The maximum absolute atomic E-state index is 11.3. The molecule has 3 nitrogen and oxygen atoms in total. The van der Waals surface area contributed by atoms with E-state index < -0.39 is 0 Å². The molecule has 1 heterocycles. The van der Waals surface area contributed by atoms with E-state index in [4.69, 9.17) is 9.47 Å². The van der Waals surface area contributed by atoms with Crippen LogP contribution in [0.4, 0.5) is 0 Å². The maximum atomic E-state index is 11.3. The molecule has 0 aromatic rings. The monoisotopic (exact) mass is 198 g/mol. The summed E-state index contributed by atoms with van der Waals surface area (Å²) < 4.78 is 10.5. The number of fused-ring (bicyclic) bond motifs is 1. The highest BCUT2D eigenvalue weighted by atomic mass is 16.6. The van der Waals surface area contributed by atoms with Crippen molar-refractivity contribution in [1.82, 2.24) is 0 Å². The largest absolute Gasteiger partial charge is 0.469 e. The Labute approximate surface area is 84.8 Å². The average Bonchev–Trinajstić information content (AvgIpc) is 2.65. The topological polar surface area (TPSA) is 38.8 Å². The van der Waals surface area contributed by atoms with Gasteiger partial charge >= 0.3 is 5.97 Å². The van der Waals surface area contributed by atoms with Gasteiger partial charge in [0.2, 0.25) is 0 Å². The molecule has 80 valence electrons. The third kappa shape index (κ3) is 0.991. The van der Waals surface area contributed by atoms with Crippen LogP contribution in [0.1, 0.15) is 40.0 Å². The van der Waals surface area contributed by atoms with Gasteiger partial charge in [-0.25, -0.2) is 0 Å². The zero-order valence-electron chi connectivity index (χ0n) is 9.35. The highest BCUT2D eigenvalue weighted by Crippen LogP contribution is 2.69. The predicted molar refractivity (Wildman–Crippen MR) is 51.9 cm³/mol. The van der Waals surface area contributed by atoms with Gasteiger partial charge in [-0.1, -0.05) is 13.8 Å².